The fourth-order valence-electron chi connectivity index (χ4n) is 3.25. The van der Waals surface area contributed by atoms with Crippen LogP contribution in [-0.4, -0.2) is 17.0 Å². The maximum absolute atomic E-state index is 12.2. The highest BCUT2D eigenvalue weighted by atomic mass is 16.6. The van der Waals surface area contributed by atoms with Gasteiger partial charge in [0.1, 0.15) is 12.4 Å². The molecule has 0 aromatic heterocycles. The minimum Gasteiger partial charge on any atom is -0.489 e. The molecule has 4 aromatic rings. The van der Waals surface area contributed by atoms with E-state index in [9.17, 15) is 14.9 Å². The number of benzene rings is 4. The molecule has 0 bridgehead atoms. The summed E-state index contributed by atoms with van der Waals surface area (Å²) in [4.78, 5) is 22.5. The van der Waals surface area contributed by atoms with Crippen molar-refractivity contribution in [3.05, 3.63) is 118 Å². The molecule has 1 amide bonds. The molecule has 0 aliphatic carbocycles. The van der Waals surface area contributed by atoms with E-state index in [1.807, 2.05) is 48.5 Å². The van der Waals surface area contributed by atoms with Gasteiger partial charge in [0.05, 0.1) is 11.1 Å². The molecule has 0 radical (unpaired) electrons. The fraction of sp³-hybridized carbons (Fsp3) is 0.0400. The Morgan fingerprint density at radius 1 is 0.969 bits per heavy atom. The van der Waals surface area contributed by atoms with Crippen LogP contribution in [-0.2, 0) is 6.61 Å². The van der Waals surface area contributed by atoms with Crippen LogP contribution in [0.3, 0.4) is 0 Å². The second-order valence-corrected chi connectivity index (χ2v) is 7.01. The highest BCUT2D eigenvalue weighted by molar-refractivity contribution is 5.95. The van der Waals surface area contributed by atoms with Crippen LogP contribution in [0.2, 0.25) is 0 Å². The molecular formula is C25H19N3O4. The van der Waals surface area contributed by atoms with Gasteiger partial charge in [-0.25, -0.2) is 5.43 Å². The fourth-order valence-corrected chi connectivity index (χ4v) is 3.25. The van der Waals surface area contributed by atoms with E-state index in [2.05, 4.69) is 28.7 Å². The van der Waals surface area contributed by atoms with Crippen molar-refractivity contribution in [1.29, 1.82) is 0 Å². The molecule has 0 atom stereocenters. The summed E-state index contributed by atoms with van der Waals surface area (Å²) in [5, 5.41) is 17.1. The van der Waals surface area contributed by atoms with Crippen LogP contribution in [0.4, 0.5) is 5.69 Å². The normalized spacial score (nSPS) is 10.9. The van der Waals surface area contributed by atoms with Crippen LogP contribution in [0, 0.1) is 10.1 Å². The summed E-state index contributed by atoms with van der Waals surface area (Å²) in [5.74, 6) is 0.139. The lowest BCUT2D eigenvalue weighted by molar-refractivity contribution is -0.384. The highest BCUT2D eigenvalue weighted by Crippen LogP contribution is 2.21. The minimum absolute atomic E-state index is 0.155. The van der Waals surface area contributed by atoms with Crippen LogP contribution < -0.4 is 10.2 Å². The molecule has 0 fully saturated rings. The molecule has 0 aliphatic rings. The SMILES string of the molecule is O=C(N/N=C\c1cccc(OCc2cccc3ccccc23)c1)c1cccc([N+](=O)[O-])c1. The lowest BCUT2D eigenvalue weighted by Crippen LogP contribution is -2.17. The molecule has 7 nitrogen and oxygen atoms in total. The van der Waals surface area contributed by atoms with Gasteiger partial charge >= 0.3 is 0 Å². The minimum atomic E-state index is -0.552. The molecule has 0 spiro atoms. The number of hydrogen-bond donors (Lipinski definition) is 1. The maximum Gasteiger partial charge on any atom is 0.271 e. The standard InChI is InChI=1S/C25H19N3O4/c29-25(20-9-5-11-22(15-20)28(30)31)27-26-16-18-6-3-12-23(14-18)32-17-21-10-4-8-19-7-1-2-13-24(19)21/h1-16H,17H2,(H,27,29)/b26-16-. The molecular weight excluding hydrogens is 406 g/mol. The van der Waals surface area contributed by atoms with E-state index in [1.54, 1.807) is 0 Å². The van der Waals surface area contributed by atoms with E-state index in [1.165, 1.54) is 30.5 Å². The summed E-state index contributed by atoms with van der Waals surface area (Å²) < 4.78 is 5.96. The number of carbonyl (C=O) groups is 1. The van der Waals surface area contributed by atoms with Crippen molar-refractivity contribution in [2.24, 2.45) is 5.10 Å². The van der Waals surface area contributed by atoms with E-state index in [0.717, 1.165) is 21.9 Å². The molecule has 32 heavy (non-hydrogen) atoms. The van der Waals surface area contributed by atoms with Crippen molar-refractivity contribution < 1.29 is 14.5 Å². The van der Waals surface area contributed by atoms with Gasteiger partial charge in [0.25, 0.3) is 11.6 Å². The van der Waals surface area contributed by atoms with Crippen molar-refractivity contribution >= 4 is 28.6 Å². The highest BCUT2D eigenvalue weighted by Gasteiger charge is 2.10. The molecule has 7 heteroatoms. The zero-order chi connectivity index (χ0) is 22.3. The number of hydrogen-bond acceptors (Lipinski definition) is 5. The van der Waals surface area contributed by atoms with Crippen LogP contribution in [0.25, 0.3) is 10.8 Å². The first kappa shape index (κ1) is 20.7. The summed E-state index contributed by atoms with van der Waals surface area (Å²) >= 11 is 0. The third-order valence-corrected chi connectivity index (χ3v) is 4.83. The Morgan fingerprint density at radius 2 is 1.75 bits per heavy atom. The number of nitrogens with zero attached hydrogens (tertiary/aromatic N) is 2. The number of nitro groups is 1. The number of nitro benzene ring substituents is 1. The lowest BCUT2D eigenvalue weighted by Gasteiger charge is -2.09. The summed E-state index contributed by atoms with van der Waals surface area (Å²) in [7, 11) is 0. The van der Waals surface area contributed by atoms with Gasteiger partial charge < -0.3 is 4.74 Å². The monoisotopic (exact) mass is 425 g/mol. The number of nitrogens with one attached hydrogen (secondary N) is 1. The van der Waals surface area contributed by atoms with Gasteiger partial charge in [0, 0.05) is 17.7 Å². The molecule has 0 saturated heterocycles. The van der Waals surface area contributed by atoms with Gasteiger partial charge in [0.2, 0.25) is 0 Å². The molecule has 0 unspecified atom stereocenters. The first-order valence-electron chi connectivity index (χ1n) is 9.87. The van der Waals surface area contributed by atoms with Crippen molar-refractivity contribution in [3.8, 4) is 5.75 Å². The number of fused-ring (bicyclic) bond motifs is 1. The third-order valence-electron chi connectivity index (χ3n) is 4.83. The van der Waals surface area contributed by atoms with Crippen molar-refractivity contribution in [2.75, 3.05) is 0 Å². The molecule has 4 aromatic carbocycles. The number of ether oxygens (including phenoxy) is 1. The second kappa shape index (κ2) is 9.53. The van der Waals surface area contributed by atoms with Crippen molar-refractivity contribution in [1.82, 2.24) is 5.43 Å². The number of carbonyl (C=O) groups excluding carboxylic acids is 1. The molecule has 0 saturated carbocycles. The number of hydrazone groups is 1. The van der Waals surface area contributed by atoms with Gasteiger partial charge in [0.15, 0.2) is 0 Å². The molecule has 4 rings (SSSR count). The Morgan fingerprint density at radius 3 is 2.62 bits per heavy atom. The number of rotatable bonds is 7. The topological polar surface area (TPSA) is 93.8 Å². The van der Waals surface area contributed by atoms with Gasteiger partial charge in [-0.2, -0.15) is 5.10 Å². The zero-order valence-electron chi connectivity index (χ0n) is 17.0. The predicted octanol–water partition coefficient (Wildman–Crippen LogP) is 5.09. The van der Waals surface area contributed by atoms with Crippen LogP contribution >= 0.6 is 0 Å². The predicted molar refractivity (Wildman–Crippen MR) is 123 cm³/mol. The quantitative estimate of drug-likeness (QED) is 0.253. The summed E-state index contributed by atoms with van der Waals surface area (Å²) in [6, 6.07) is 27.1. The maximum atomic E-state index is 12.2. The van der Waals surface area contributed by atoms with Gasteiger partial charge in [-0.05, 0) is 40.1 Å². The van der Waals surface area contributed by atoms with Crippen LogP contribution in [0.5, 0.6) is 5.75 Å². The molecule has 158 valence electrons. The zero-order valence-corrected chi connectivity index (χ0v) is 17.0. The first-order chi connectivity index (χ1) is 15.6. The lowest BCUT2D eigenvalue weighted by atomic mass is 10.1. The summed E-state index contributed by atoms with van der Waals surface area (Å²) in [6.45, 7) is 0.422. The Bertz CT molecular complexity index is 1310. The average Bonchev–Trinajstić information content (AvgIpc) is 2.83. The summed E-state index contributed by atoms with van der Waals surface area (Å²) in [6.07, 6.45) is 1.49. The van der Waals surface area contributed by atoms with Crippen LogP contribution in [0.15, 0.2) is 96.1 Å². The third kappa shape index (κ3) is 4.96. The second-order valence-electron chi connectivity index (χ2n) is 7.01. The molecule has 0 heterocycles. The number of amides is 1. The van der Waals surface area contributed by atoms with Crippen molar-refractivity contribution in [2.45, 2.75) is 6.61 Å². The average molecular weight is 425 g/mol. The Hall–Kier alpha value is -4.52. The Balaban J connectivity index is 1.39. The molecule has 0 aliphatic heterocycles. The van der Waals surface area contributed by atoms with E-state index in [4.69, 9.17) is 4.74 Å². The van der Waals surface area contributed by atoms with E-state index < -0.39 is 10.8 Å². The van der Waals surface area contributed by atoms with E-state index in [-0.39, 0.29) is 11.3 Å². The van der Waals surface area contributed by atoms with E-state index in [0.29, 0.717) is 12.4 Å². The van der Waals surface area contributed by atoms with Gasteiger partial charge in [-0.1, -0.05) is 60.7 Å². The van der Waals surface area contributed by atoms with Gasteiger partial charge in [-0.3, -0.25) is 14.9 Å². The van der Waals surface area contributed by atoms with Crippen LogP contribution in [0.1, 0.15) is 21.5 Å². The summed E-state index contributed by atoms with van der Waals surface area (Å²) in [5.41, 5.74) is 4.20. The largest absolute Gasteiger partial charge is 0.489 e. The van der Waals surface area contributed by atoms with E-state index >= 15 is 0 Å². The number of non-ortho nitro benzene ring substituents is 1. The van der Waals surface area contributed by atoms with Gasteiger partial charge in [-0.15, -0.1) is 0 Å². The first-order valence-corrected chi connectivity index (χ1v) is 9.87. The van der Waals surface area contributed by atoms with Crippen molar-refractivity contribution in [3.63, 3.8) is 0 Å². The Labute approximate surface area is 184 Å². The molecule has 1 N–H and O–H groups in total. The smallest absolute Gasteiger partial charge is 0.271 e. The Kier molecular flexibility index (Phi) is 6.17.